The van der Waals surface area contributed by atoms with E-state index in [-0.39, 0.29) is 17.3 Å². The van der Waals surface area contributed by atoms with Gasteiger partial charge in [0.2, 0.25) is 5.16 Å². The van der Waals surface area contributed by atoms with E-state index in [1.54, 1.807) is 24.3 Å². The number of hydrogen-bond acceptors (Lipinski definition) is 6. The lowest BCUT2D eigenvalue weighted by Crippen LogP contribution is -2.05. The van der Waals surface area contributed by atoms with Crippen molar-refractivity contribution in [3.05, 3.63) is 72.3 Å². The molecule has 2 heterocycles. The molecule has 0 N–H and O–H groups in total. The summed E-state index contributed by atoms with van der Waals surface area (Å²) in [5.41, 5.74) is 3.62. The fourth-order valence-electron chi connectivity index (χ4n) is 3.17. The summed E-state index contributed by atoms with van der Waals surface area (Å²) >= 11 is 1.25. The molecule has 0 aliphatic rings. The number of ketones is 2. The van der Waals surface area contributed by atoms with Crippen molar-refractivity contribution in [1.29, 1.82) is 0 Å². The van der Waals surface area contributed by atoms with Crippen LogP contribution in [-0.4, -0.2) is 37.1 Å². The third-order valence-corrected chi connectivity index (χ3v) is 5.45. The highest BCUT2D eigenvalue weighted by atomic mass is 32.2. The summed E-state index contributed by atoms with van der Waals surface area (Å²) in [5.74, 6) is 0.107. The molecule has 0 saturated heterocycles. The Hall–Kier alpha value is -3.32. The number of allylic oxidation sites excluding steroid dienone is 1. The smallest absolute Gasteiger partial charge is 0.211 e. The number of nitrogens with zero attached hydrogens (tertiary/aromatic N) is 4. The minimum absolute atomic E-state index is 0.0268. The van der Waals surface area contributed by atoms with E-state index in [1.807, 2.05) is 34.9 Å². The van der Waals surface area contributed by atoms with Crippen molar-refractivity contribution in [2.75, 3.05) is 5.75 Å². The molecule has 0 fully saturated rings. The van der Waals surface area contributed by atoms with Gasteiger partial charge in [-0.2, -0.15) is 0 Å². The van der Waals surface area contributed by atoms with E-state index in [0.717, 1.165) is 22.1 Å². The largest absolute Gasteiger partial charge is 0.320 e. The molecule has 0 amide bonds. The van der Waals surface area contributed by atoms with E-state index in [0.29, 0.717) is 22.8 Å². The first-order valence-corrected chi connectivity index (χ1v) is 10.1. The van der Waals surface area contributed by atoms with Crippen molar-refractivity contribution in [3.8, 4) is 0 Å². The molecule has 2 aromatic heterocycles. The average Bonchev–Trinajstić information content (AvgIpc) is 3.05. The number of para-hydroxylation sites is 1. The van der Waals surface area contributed by atoms with Gasteiger partial charge in [-0.25, -0.2) is 4.98 Å². The molecule has 0 aliphatic carbocycles. The zero-order valence-electron chi connectivity index (χ0n) is 15.8. The molecule has 4 rings (SSSR count). The third-order valence-electron chi connectivity index (χ3n) is 4.61. The second kappa shape index (κ2) is 7.97. The van der Waals surface area contributed by atoms with Crippen LogP contribution in [0.1, 0.15) is 27.6 Å². The maximum absolute atomic E-state index is 12.5. The van der Waals surface area contributed by atoms with Gasteiger partial charge in [-0.15, -0.1) is 16.8 Å². The number of thioether (sulfide) groups is 1. The SMILES string of the molecule is C=CCn1c2ccccc2c2nnc(SCC(=O)c3ccc(C(C)=O)cc3)nc21. The predicted molar refractivity (Wildman–Crippen MR) is 115 cm³/mol. The Morgan fingerprint density at radius 1 is 1.07 bits per heavy atom. The Morgan fingerprint density at radius 3 is 2.52 bits per heavy atom. The van der Waals surface area contributed by atoms with Crippen molar-refractivity contribution in [3.63, 3.8) is 0 Å². The molecular weight excluding hydrogens is 384 g/mol. The minimum atomic E-state index is -0.0552. The Kier molecular flexibility index (Phi) is 5.22. The zero-order valence-corrected chi connectivity index (χ0v) is 16.6. The Labute approximate surface area is 171 Å². The van der Waals surface area contributed by atoms with Crippen molar-refractivity contribution in [2.24, 2.45) is 0 Å². The monoisotopic (exact) mass is 402 g/mol. The molecule has 0 aliphatic heterocycles. The zero-order chi connectivity index (χ0) is 20.4. The van der Waals surface area contributed by atoms with E-state index in [9.17, 15) is 9.59 Å². The summed E-state index contributed by atoms with van der Waals surface area (Å²) in [6.45, 7) is 5.93. The molecule has 0 radical (unpaired) electrons. The first-order valence-electron chi connectivity index (χ1n) is 9.08. The Morgan fingerprint density at radius 2 is 1.79 bits per heavy atom. The maximum Gasteiger partial charge on any atom is 0.211 e. The molecule has 7 heteroatoms. The first-order chi connectivity index (χ1) is 14.1. The van der Waals surface area contributed by atoms with Gasteiger partial charge in [0.05, 0.1) is 11.3 Å². The summed E-state index contributed by atoms with van der Waals surface area (Å²) in [6, 6.07) is 14.6. The second-order valence-corrected chi connectivity index (χ2v) is 7.47. The molecular formula is C22H18N4O2S. The van der Waals surface area contributed by atoms with Crippen LogP contribution in [0.25, 0.3) is 22.1 Å². The molecule has 0 atom stereocenters. The number of hydrogen-bond donors (Lipinski definition) is 0. The molecule has 29 heavy (non-hydrogen) atoms. The average molecular weight is 402 g/mol. The second-order valence-electron chi connectivity index (χ2n) is 6.53. The van der Waals surface area contributed by atoms with Gasteiger partial charge in [-0.05, 0) is 13.0 Å². The molecule has 2 aromatic carbocycles. The molecule has 0 bridgehead atoms. The number of benzene rings is 2. The van der Waals surface area contributed by atoms with Crippen molar-refractivity contribution < 1.29 is 9.59 Å². The van der Waals surface area contributed by atoms with Gasteiger partial charge in [0.15, 0.2) is 17.2 Å². The summed E-state index contributed by atoms with van der Waals surface area (Å²) < 4.78 is 2.04. The van der Waals surface area contributed by atoms with Crippen LogP contribution in [0.5, 0.6) is 0 Å². The van der Waals surface area contributed by atoms with E-state index in [4.69, 9.17) is 0 Å². The van der Waals surface area contributed by atoms with Crippen LogP contribution in [0, 0.1) is 0 Å². The van der Waals surface area contributed by atoms with Crippen molar-refractivity contribution in [1.82, 2.24) is 19.7 Å². The normalized spacial score (nSPS) is 11.1. The van der Waals surface area contributed by atoms with Crippen LogP contribution in [0.4, 0.5) is 0 Å². The molecule has 4 aromatic rings. The van der Waals surface area contributed by atoms with E-state index in [2.05, 4.69) is 21.8 Å². The van der Waals surface area contributed by atoms with Gasteiger partial charge >= 0.3 is 0 Å². The standard InChI is InChI=1S/C22H18N4O2S/c1-3-12-26-18-7-5-4-6-17(18)20-21(26)23-22(25-24-20)29-13-19(28)16-10-8-15(9-11-16)14(2)27/h3-11H,1,12-13H2,2H3. The third kappa shape index (κ3) is 3.69. The topological polar surface area (TPSA) is 77.7 Å². The maximum atomic E-state index is 12.5. The molecule has 0 spiro atoms. The number of Topliss-reactive ketones (excluding diaryl/α,β-unsaturated/α-hetero) is 2. The Bertz CT molecular complexity index is 1250. The van der Waals surface area contributed by atoms with E-state index < -0.39 is 0 Å². The van der Waals surface area contributed by atoms with Crippen LogP contribution >= 0.6 is 11.8 Å². The predicted octanol–water partition coefficient (Wildman–Crippen LogP) is 4.34. The van der Waals surface area contributed by atoms with Gasteiger partial charge < -0.3 is 4.57 Å². The number of carbonyl (C=O) groups is 2. The molecule has 144 valence electrons. The fourth-order valence-corrected chi connectivity index (χ4v) is 3.85. The van der Waals surface area contributed by atoms with Gasteiger partial charge in [0, 0.05) is 23.1 Å². The van der Waals surface area contributed by atoms with Crippen LogP contribution in [0.15, 0.2) is 66.3 Å². The lowest BCUT2D eigenvalue weighted by atomic mass is 10.1. The fraction of sp³-hybridized carbons (Fsp3) is 0.136. The van der Waals surface area contributed by atoms with E-state index >= 15 is 0 Å². The van der Waals surface area contributed by atoms with E-state index in [1.165, 1.54) is 18.7 Å². The molecule has 6 nitrogen and oxygen atoms in total. The summed E-state index contributed by atoms with van der Waals surface area (Å²) in [4.78, 5) is 28.5. The number of aromatic nitrogens is 4. The lowest BCUT2D eigenvalue weighted by Gasteiger charge is -2.04. The highest BCUT2D eigenvalue weighted by Gasteiger charge is 2.15. The molecule has 0 saturated carbocycles. The summed E-state index contributed by atoms with van der Waals surface area (Å²) in [6.07, 6.45) is 1.81. The lowest BCUT2D eigenvalue weighted by molar-refractivity contribution is 0.100. The van der Waals surface area contributed by atoms with Crippen LogP contribution in [0.3, 0.4) is 0 Å². The molecule has 0 unspecified atom stereocenters. The van der Waals surface area contributed by atoms with Crippen LogP contribution in [-0.2, 0) is 6.54 Å². The van der Waals surface area contributed by atoms with Gasteiger partial charge in [0.1, 0.15) is 5.52 Å². The minimum Gasteiger partial charge on any atom is -0.320 e. The highest BCUT2D eigenvalue weighted by Crippen LogP contribution is 2.27. The van der Waals surface area contributed by atoms with Gasteiger partial charge in [-0.1, -0.05) is 60.3 Å². The quantitative estimate of drug-likeness (QED) is 0.260. The van der Waals surface area contributed by atoms with Gasteiger partial charge in [0.25, 0.3) is 0 Å². The van der Waals surface area contributed by atoms with Crippen molar-refractivity contribution in [2.45, 2.75) is 18.6 Å². The summed E-state index contributed by atoms with van der Waals surface area (Å²) in [5, 5.41) is 9.99. The summed E-state index contributed by atoms with van der Waals surface area (Å²) in [7, 11) is 0. The van der Waals surface area contributed by atoms with Crippen LogP contribution in [0.2, 0.25) is 0 Å². The number of fused-ring (bicyclic) bond motifs is 3. The van der Waals surface area contributed by atoms with Crippen molar-refractivity contribution >= 4 is 45.4 Å². The number of rotatable bonds is 7. The Balaban J connectivity index is 1.59. The van der Waals surface area contributed by atoms with Gasteiger partial charge in [-0.3, -0.25) is 9.59 Å². The number of carbonyl (C=O) groups excluding carboxylic acids is 2. The highest BCUT2D eigenvalue weighted by molar-refractivity contribution is 7.99. The first kappa shape index (κ1) is 19.0. The van der Waals surface area contributed by atoms with Crippen LogP contribution < -0.4 is 0 Å².